The number of esters is 1. The Bertz CT molecular complexity index is 1330. The maximum absolute atomic E-state index is 12.8. The first kappa shape index (κ1) is 20.4. The Hall–Kier alpha value is -4.53. The highest BCUT2D eigenvalue weighted by molar-refractivity contribution is 5.97. The lowest BCUT2D eigenvalue weighted by Crippen LogP contribution is -2.33. The zero-order valence-corrected chi connectivity index (χ0v) is 17.0. The summed E-state index contributed by atoms with van der Waals surface area (Å²) in [6.45, 7) is 0. The van der Waals surface area contributed by atoms with Gasteiger partial charge < -0.3 is 29.6 Å². The van der Waals surface area contributed by atoms with Gasteiger partial charge in [-0.1, -0.05) is 23.4 Å². The first-order valence-corrected chi connectivity index (χ1v) is 10.0. The molecule has 166 valence electrons. The number of phenolic OH excluding ortho intramolecular Hbond substituents is 1. The molecule has 5 rings (SSSR count). The number of aliphatic carboxylic acids is 1. The third-order valence-electron chi connectivity index (χ3n) is 5.57. The maximum atomic E-state index is 12.8. The molecule has 0 radical (unpaired) electrons. The van der Waals surface area contributed by atoms with E-state index >= 15 is 0 Å². The number of carboxylic acid groups (broad SMARTS) is 1. The molecule has 0 saturated carbocycles. The minimum Gasteiger partial charge on any atom is -0.508 e. The molecule has 2 aliphatic rings. The molecule has 0 aliphatic carbocycles. The zero-order valence-electron chi connectivity index (χ0n) is 17.0. The van der Waals surface area contributed by atoms with Crippen LogP contribution in [0, 0.1) is 0 Å². The molecule has 33 heavy (non-hydrogen) atoms. The predicted octanol–water partition coefficient (Wildman–Crippen LogP) is 3.99. The van der Waals surface area contributed by atoms with Gasteiger partial charge in [0, 0.05) is 35.2 Å². The van der Waals surface area contributed by atoms with E-state index in [0.717, 1.165) is 0 Å². The predicted molar refractivity (Wildman–Crippen MR) is 113 cm³/mol. The quantitative estimate of drug-likeness (QED) is 0.180. The highest BCUT2D eigenvalue weighted by Crippen LogP contribution is 2.56. The first-order valence-electron chi connectivity index (χ1n) is 10.0. The number of nitrogens with zero attached hydrogens (tertiary/aromatic N) is 1. The molecule has 3 N–H and O–H groups in total. The largest absolute Gasteiger partial charge is 0.508 e. The number of carbonyl (C=O) groups excluding carboxylic acids is 1. The second kappa shape index (κ2) is 7.56. The number of carbonyl (C=O) groups is 2. The van der Waals surface area contributed by atoms with Gasteiger partial charge >= 0.3 is 11.9 Å². The van der Waals surface area contributed by atoms with Gasteiger partial charge in [0.15, 0.2) is 5.60 Å². The summed E-state index contributed by atoms with van der Waals surface area (Å²) in [6, 6.07) is 16.4. The number of carboxylic acids is 1. The average Bonchev–Trinajstić information content (AvgIpc) is 3.09. The monoisotopic (exact) mass is 447 g/mol. The van der Waals surface area contributed by atoms with Crippen LogP contribution in [-0.4, -0.2) is 33.3 Å². The third kappa shape index (κ3) is 3.21. The fourth-order valence-corrected chi connectivity index (χ4v) is 4.18. The number of phenols is 1. The molecule has 1 spiro atoms. The Morgan fingerprint density at radius 3 is 2.45 bits per heavy atom. The molecule has 0 aromatic heterocycles. The van der Waals surface area contributed by atoms with E-state index < -0.39 is 17.5 Å². The lowest BCUT2D eigenvalue weighted by Gasteiger charge is -2.36. The number of fused-ring (bicyclic) bond motifs is 6. The van der Waals surface area contributed by atoms with Gasteiger partial charge in [-0.3, -0.25) is 4.79 Å². The second-order valence-electron chi connectivity index (χ2n) is 7.55. The van der Waals surface area contributed by atoms with Gasteiger partial charge in [0.2, 0.25) is 5.90 Å². The molecule has 0 amide bonds. The Balaban J connectivity index is 1.63. The van der Waals surface area contributed by atoms with Crippen LogP contribution in [0.15, 0.2) is 65.8 Å². The van der Waals surface area contributed by atoms with Crippen LogP contribution in [-0.2, 0) is 15.1 Å². The minimum atomic E-state index is -1.29. The topological polar surface area (TPSA) is 135 Å². The van der Waals surface area contributed by atoms with Crippen LogP contribution in [0.4, 0.5) is 0 Å². The van der Waals surface area contributed by atoms with Crippen molar-refractivity contribution in [2.24, 2.45) is 5.16 Å². The molecule has 3 aromatic carbocycles. The molecule has 0 fully saturated rings. The van der Waals surface area contributed by atoms with Crippen LogP contribution in [0.1, 0.15) is 39.9 Å². The van der Waals surface area contributed by atoms with Crippen molar-refractivity contribution in [3.05, 3.63) is 82.9 Å². The van der Waals surface area contributed by atoms with E-state index in [2.05, 4.69) is 5.16 Å². The van der Waals surface area contributed by atoms with Crippen molar-refractivity contribution in [3.8, 4) is 23.0 Å². The van der Waals surface area contributed by atoms with Crippen molar-refractivity contribution in [3.63, 3.8) is 0 Å². The standard InChI is InChI=1S/C24H17NO8/c26-13-5-7-17-19(11-13)32-20-12-14(31-21(25-30)9-10-22(27)28)6-8-18(20)24(17)16-4-2-1-3-15(16)23(29)33-24/h1-8,11-12,26,30H,9-10H2,(H,27,28)/b25-21-. The van der Waals surface area contributed by atoms with Gasteiger partial charge in [-0.05, 0) is 30.3 Å². The molecule has 0 bridgehead atoms. The van der Waals surface area contributed by atoms with Crippen molar-refractivity contribution in [1.29, 1.82) is 0 Å². The number of ether oxygens (including phenoxy) is 3. The zero-order chi connectivity index (χ0) is 23.2. The molecule has 9 nitrogen and oxygen atoms in total. The fraction of sp³-hybridized carbons (Fsp3) is 0.125. The van der Waals surface area contributed by atoms with Crippen molar-refractivity contribution in [2.45, 2.75) is 18.4 Å². The lowest BCUT2D eigenvalue weighted by atomic mass is 9.77. The fourth-order valence-electron chi connectivity index (χ4n) is 4.18. The molecular formula is C24H17NO8. The summed E-state index contributed by atoms with van der Waals surface area (Å²) in [6.07, 6.45) is -0.390. The van der Waals surface area contributed by atoms with Gasteiger partial charge in [-0.2, -0.15) is 0 Å². The molecule has 1 atom stereocenters. The van der Waals surface area contributed by atoms with Gasteiger partial charge in [0.05, 0.1) is 12.0 Å². The van der Waals surface area contributed by atoms with E-state index in [1.807, 2.05) is 6.07 Å². The highest BCUT2D eigenvalue weighted by Gasteiger charge is 2.53. The Labute approximate surface area is 187 Å². The number of hydrogen-bond donors (Lipinski definition) is 3. The van der Waals surface area contributed by atoms with Crippen LogP contribution in [0.3, 0.4) is 0 Å². The van der Waals surface area contributed by atoms with Crippen LogP contribution in [0.25, 0.3) is 0 Å². The number of benzene rings is 3. The van der Waals surface area contributed by atoms with Crippen LogP contribution < -0.4 is 9.47 Å². The van der Waals surface area contributed by atoms with E-state index in [0.29, 0.717) is 33.8 Å². The van der Waals surface area contributed by atoms with Gasteiger partial charge in [0.25, 0.3) is 0 Å². The summed E-state index contributed by atoms with van der Waals surface area (Å²) in [7, 11) is 0. The van der Waals surface area contributed by atoms with Crippen LogP contribution in [0.2, 0.25) is 0 Å². The molecule has 3 aromatic rings. The SMILES string of the molecule is O=C(O)CC/C(=N/O)Oc1ccc2c(c1)Oc1cc(O)ccc1C21OC(=O)c2ccccc21. The Morgan fingerprint density at radius 2 is 1.70 bits per heavy atom. The molecular weight excluding hydrogens is 430 g/mol. The van der Waals surface area contributed by atoms with Crippen molar-refractivity contribution in [2.75, 3.05) is 0 Å². The first-order chi connectivity index (χ1) is 15.9. The maximum Gasteiger partial charge on any atom is 0.340 e. The smallest absolute Gasteiger partial charge is 0.340 e. The van der Waals surface area contributed by atoms with Crippen LogP contribution in [0.5, 0.6) is 23.0 Å². The van der Waals surface area contributed by atoms with E-state index in [1.165, 1.54) is 18.2 Å². The second-order valence-corrected chi connectivity index (χ2v) is 7.55. The lowest BCUT2D eigenvalue weighted by molar-refractivity contribution is -0.136. The molecule has 9 heteroatoms. The van der Waals surface area contributed by atoms with Gasteiger partial charge in [-0.25, -0.2) is 4.79 Å². The summed E-state index contributed by atoms with van der Waals surface area (Å²) in [5.74, 6) is -0.936. The van der Waals surface area contributed by atoms with Gasteiger partial charge in [0.1, 0.15) is 23.0 Å². The average molecular weight is 447 g/mol. The molecule has 2 aliphatic heterocycles. The Morgan fingerprint density at radius 1 is 0.970 bits per heavy atom. The summed E-state index contributed by atoms with van der Waals surface area (Å²) >= 11 is 0. The summed E-state index contributed by atoms with van der Waals surface area (Å²) in [4.78, 5) is 23.6. The summed E-state index contributed by atoms with van der Waals surface area (Å²) < 4.78 is 17.5. The van der Waals surface area contributed by atoms with E-state index in [9.17, 15) is 14.7 Å². The van der Waals surface area contributed by atoms with Crippen molar-refractivity contribution < 1.29 is 39.2 Å². The minimum absolute atomic E-state index is 0.0271. The number of hydrogen-bond acceptors (Lipinski definition) is 8. The van der Waals surface area contributed by atoms with E-state index in [-0.39, 0.29) is 30.2 Å². The summed E-state index contributed by atoms with van der Waals surface area (Å²) in [5, 5.41) is 31.0. The molecule has 2 heterocycles. The van der Waals surface area contributed by atoms with E-state index in [1.54, 1.807) is 36.4 Å². The summed E-state index contributed by atoms with van der Waals surface area (Å²) in [5.41, 5.74) is 0.866. The normalized spacial score (nSPS) is 18.1. The third-order valence-corrected chi connectivity index (χ3v) is 5.57. The highest BCUT2D eigenvalue weighted by atomic mass is 16.6. The number of oxime groups is 1. The van der Waals surface area contributed by atoms with E-state index in [4.69, 9.17) is 24.5 Å². The van der Waals surface area contributed by atoms with Crippen molar-refractivity contribution >= 4 is 17.8 Å². The van der Waals surface area contributed by atoms with Gasteiger partial charge in [-0.15, -0.1) is 0 Å². The number of rotatable bonds is 4. The number of aromatic hydroxyl groups is 1. The van der Waals surface area contributed by atoms with Crippen molar-refractivity contribution in [1.82, 2.24) is 0 Å². The van der Waals surface area contributed by atoms with Crippen LogP contribution >= 0.6 is 0 Å². The Kier molecular flexibility index (Phi) is 4.67. The molecule has 1 unspecified atom stereocenters. The molecule has 0 saturated heterocycles.